The van der Waals surface area contributed by atoms with Crippen molar-refractivity contribution in [1.29, 1.82) is 0 Å². The molecule has 0 spiro atoms. The molecule has 3 rings (SSSR count). The lowest BCUT2D eigenvalue weighted by atomic mass is 10.0. The van der Waals surface area contributed by atoms with Gasteiger partial charge in [-0.05, 0) is 49.6 Å². The Hall–Kier alpha value is -3.22. The molecule has 2 aromatic rings. The van der Waals surface area contributed by atoms with Gasteiger partial charge in [-0.3, -0.25) is 9.59 Å². The first kappa shape index (κ1) is 18.6. The van der Waals surface area contributed by atoms with Crippen LogP contribution in [0.15, 0.2) is 36.4 Å². The number of carboxylic acid groups (broad SMARTS) is 1. The fraction of sp³-hybridized carbons (Fsp3) is 0.250. The molecule has 27 heavy (non-hydrogen) atoms. The van der Waals surface area contributed by atoms with E-state index in [1.54, 1.807) is 30.0 Å². The summed E-state index contributed by atoms with van der Waals surface area (Å²) in [5.74, 6) is -3.13. The summed E-state index contributed by atoms with van der Waals surface area (Å²) in [7, 11) is 0. The number of carboxylic acids is 1. The summed E-state index contributed by atoms with van der Waals surface area (Å²) in [6.07, 6.45) is 1.89. The molecule has 2 aromatic carbocycles. The molecular formula is C20H19FN2O4. The molecule has 0 aromatic heterocycles. The summed E-state index contributed by atoms with van der Waals surface area (Å²) in [5.41, 5.74) is 0.867. The third-order valence-corrected chi connectivity index (χ3v) is 4.59. The Bertz CT molecular complexity index is 920. The highest BCUT2D eigenvalue weighted by Gasteiger charge is 2.24. The van der Waals surface area contributed by atoms with E-state index < -0.39 is 17.7 Å². The first-order chi connectivity index (χ1) is 12.9. The topological polar surface area (TPSA) is 86.7 Å². The number of likely N-dealkylation sites (tertiary alicyclic amines) is 1. The van der Waals surface area contributed by atoms with Crippen molar-refractivity contribution >= 4 is 23.5 Å². The van der Waals surface area contributed by atoms with Gasteiger partial charge in [0.1, 0.15) is 5.82 Å². The first-order valence-electron chi connectivity index (χ1n) is 8.61. The lowest BCUT2D eigenvalue weighted by molar-refractivity contribution is 0.0695. The number of amides is 2. The number of carbonyl (C=O) groups is 3. The summed E-state index contributed by atoms with van der Waals surface area (Å²) >= 11 is 0. The molecular weight excluding hydrogens is 351 g/mol. The minimum absolute atomic E-state index is 0.164. The maximum absolute atomic E-state index is 14.1. The molecule has 2 N–H and O–H groups in total. The van der Waals surface area contributed by atoms with Gasteiger partial charge in [-0.15, -0.1) is 0 Å². The maximum atomic E-state index is 14.1. The van der Waals surface area contributed by atoms with Crippen LogP contribution in [0.25, 0.3) is 0 Å². The van der Waals surface area contributed by atoms with Gasteiger partial charge in [0, 0.05) is 13.1 Å². The van der Waals surface area contributed by atoms with Gasteiger partial charge in [0.15, 0.2) is 0 Å². The molecule has 1 fully saturated rings. The van der Waals surface area contributed by atoms with Crippen LogP contribution in [0.2, 0.25) is 0 Å². The van der Waals surface area contributed by atoms with Crippen molar-refractivity contribution in [2.45, 2.75) is 19.8 Å². The quantitative estimate of drug-likeness (QED) is 0.864. The lowest BCUT2D eigenvalue weighted by Crippen LogP contribution is -2.29. The summed E-state index contributed by atoms with van der Waals surface area (Å²) in [4.78, 5) is 38.0. The van der Waals surface area contributed by atoms with E-state index in [-0.39, 0.29) is 17.0 Å². The Morgan fingerprint density at radius 3 is 2.44 bits per heavy atom. The van der Waals surface area contributed by atoms with Gasteiger partial charge < -0.3 is 15.3 Å². The van der Waals surface area contributed by atoms with Gasteiger partial charge >= 0.3 is 5.97 Å². The first-order valence-corrected chi connectivity index (χ1v) is 8.61. The number of anilines is 1. The molecule has 140 valence electrons. The number of halogens is 1. The minimum Gasteiger partial charge on any atom is -0.478 e. The predicted octanol–water partition coefficient (Wildman–Crippen LogP) is 3.32. The lowest BCUT2D eigenvalue weighted by Gasteiger charge is -2.19. The van der Waals surface area contributed by atoms with E-state index in [1.807, 2.05) is 0 Å². The molecule has 0 atom stereocenters. The molecule has 6 nitrogen and oxygen atoms in total. The number of aryl methyl sites for hydroxylation is 1. The minimum atomic E-state index is -1.28. The Balaban J connectivity index is 1.89. The van der Waals surface area contributed by atoms with Crippen LogP contribution in [0.3, 0.4) is 0 Å². The van der Waals surface area contributed by atoms with Gasteiger partial charge in [0.25, 0.3) is 11.8 Å². The second kappa shape index (κ2) is 7.57. The van der Waals surface area contributed by atoms with Crippen LogP contribution in [0.4, 0.5) is 10.1 Å². The van der Waals surface area contributed by atoms with Crippen LogP contribution < -0.4 is 5.32 Å². The summed E-state index contributed by atoms with van der Waals surface area (Å²) in [5, 5.41) is 11.5. The van der Waals surface area contributed by atoms with Crippen LogP contribution in [0, 0.1) is 12.7 Å². The highest BCUT2D eigenvalue weighted by molar-refractivity contribution is 6.10. The zero-order valence-electron chi connectivity index (χ0n) is 14.8. The van der Waals surface area contributed by atoms with Crippen LogP contribution in [-0.4, -0.2) is 40.9 Å². The summed E-state index contributed by atoms with van der Waals surface area (Å²) in [6, 6.07) is 8.15. The normalized spacial score (nSPS) is 13.5. The number of hydrogen-bond acceptors (Lipinski definition) is 3. The van der Waals surface area contributed by atoms with E-state index in [1.165, 1.54) is 0 Å². The van der Waals surface area contributed by atoms with Gasteiger partial charge in [-0.1, -0.05) is 12.1 Å². The Labute approximate surface area is 155 Å². The third-order valence-electron chi connectivity index (χ3n) is 4.59. The van der Waals surface area contributed by atoms with Crippen LogP contribution in [0.5, 0.6) is 0 Å². The molecule has 1 saturated heterocycles. The molecule has 0 saturated carbocycles. The monoisotopic (exact) mass is 370 g/mol. The number of benzene rings is 2. The van der Waals surface area contributed by atoms with E-state index in [0.29, 0.717) is 29.9 Å². The van der Waals surface area contributed by atoms with E-state index in [4.69, 9.17) is 5.11 Å². The zero-order valence-corrected chi connectivity index (χ0v) is 14.8. The average Bonchev–Trinajstić information content (AvgIpc) is 3.15. The van der Waals surface area contributed by atoms with Gasteiger partial charge in [-0.25, -0.2) is 9.18 Å². The van der Waals surface area contributed by atoms with E-state index >= 15 is 0 Å². The third kappa shape index (κ3) is 3.81. The molecule has 0 unspecified atom stereocenters. The van der Waals surface area contributed by atoms with Crippen molar-refractivity contribution in [2.75, 3.05) is 18.4 Å². The van der Waals surface area contributed by atoms with Crippen molar-refractivity contribution in [3.63, 3.8) is 0 Å². The van der Waals surface area contributed by atoms with Crippen molar-refractivity contribution < 1.29 is 23.9 Å². The smallest absolute Gasteiger partial charge is 0.335 e. The Kier molecular flexibility index (Phi) is 5.21. The SMILES string of the molecule is Cc1cccc(NC(=O)c2ccc(C(=O)O)cc2F)c1C(=O)N1CCCC1. The second-order valence-corrected chi connectivity index (χ2v) is 6.45. The second-order valence-electron chi connectivity index (χ2n) is 6.45. The molecule has 1 heterocycles. The van der Waals surface area contributed by atoms with E-state index in [9.17, 15) is 18.8 Å². The Morgan fingerprint density at radius 1 is 1.11 bits per heavy atom. The largest absolute Gasteiger partial charge is 0.478 e. The molecule has 0 radical (unpaired) electrons. The fourth-order valence-electron chi connectivity index (χ4n) is 3.16. The Morgan fingerprint density at radius 2 is 1.81 bits per heavy atom. The molecule has 7 heteroatoms. The number of rotatable bonds is 4. The summed E-state index contributed by atoms with van der Waals surface area (Å²) in [6.45, 7) is 3.12. The van der Waals surface area contributed by atoms with E-state index in [0.717, 1.165) is 31.0 Å². The number of carbonyl (C=O) groups excluding carboxylic acids is 2. The zero-order chi connectivity index (χ0) is 19.6. The number of nitrogens with one attached hydrogen (secondary N) is 1. The standard InChI is InChI=1S/C20H19FN2O4/c1-12-5-4-6-16(17(12)19(25)23-9-2-3-10-23)22-18(24)14-8-7-13(20(26)27)11-15(14)21/h4-8,11H,2-3,9-10H2,1H3,(H,22,24)(H,26,27). The highest BCUT2D eigenvalue weighted by Crippen LogP contribution is 2.24. The number of nitrogens with zero attached hydrogens (tertiary/aromatic N) is 1. The van der Waals surface area contributed by atoms with Crippen molar-refractivity contribution in [3.8, 4) is 0 Å². The maximum Gasteiger partial charge on any atom is 0.335 e. The van der Waals surface area contributed by atoms with Gasteiger partial charge in [0.2, 0.25) is 0 Å². The molecule has 1 aliphatic heterocycles. The summed E-state index contributed by atoms with van der Waals surface area (Å²) < 4.78 is 14.1. The predicted molar refractivity (Wildman–Crippen MR) is 97.6 cm³/mol. The van der Waals surface area contributed by atoms with Crippen molar-refractivity contribution in [3.05, 3.63) is 64.5 Å². The molecule has 0 bridgehead atoms. The highest BCUT2D eigenvalue weighted by atomic mass is 19.1. The number of hydrogen-bond donors (Lipinski definition) is 2. The van der Waals surface area contributed by atoms with Crippen molar-refractivity contribution in [2.24, 2.45) is 0 Å². The van der Waals surface area contributed by atoms with Crippen LogP contribution in [-0.2, 0) is 0 Å². The average molecular weight is 370 g/mol. The molecule has 2 amide bonds. The van der Waals surface area contributed by atoms with Gasteiger partial charge in [-0.2, -0.15) is 0 Å². The molecule has 1 aliphatic rings. The fourth-order valence-corrected chi connectivity index (χ4v) is 3.16. The van der Waals surface area contributed by atoms with Crippen molar-refractivity contribution in [1.82, 2.24) is 4.90 Å². The number of aromatic carboxylic acids is 1. The van der Waals surface area contributed by atoms with Crippen LogP contribution >= 0.6 is 0 Å². The van der Waals surface area contributed by atoms with Gasteiger partial charge in [0.05, 0.1) is 22.4 Å². The van der Waals surface area contributed by atoms with Crippen LogP contribution in [0.1, 0.15) is 49.5 Å². The molecule has 0 aliphatic carbocycles. The van der Waals surface area contributed by atoms with E-state index in [2.05, 4.69) is 5.32 Å².